The zero-order chi connectivity index (χ0) is 15.6. The van der Waals surface area contributed by atoms with Gasteiger partial charge < -0.3 is 5.32 Å². The number of aryl methyl sites for hydroxylation is 2. The van der Waals surface area contributed by atoms with E-state index in [4.69, 9.17) is 0 Å². The van der Waals surface area contributed by atoms with Crippen LogP contribution in [0.2, 0.25) is 0 Å². The third kappa shape index (κ3) is 3.63. The molecule has 1 unspecified atom stereocenters. The van der Waals surface area contributed by atoms with Gasteiger partial charge in [-0.1, -0.05) is 6.92 Å². The van der Waals surface area contributed by atoms with E-state index in [-0.39, 0.29) is 5.56 Å². The van der Waals surface area contributed by atoms with Gasteiger partial charge in [-0.2, -0.15) is 0 Å². The van der Waals surface area contributed by atoms with Crippen LogP contribution in [0.15, 0.2) is 12.1 Å². The third-order valence-corrected chi connectivity index (χ3v) is 4.39. The standard InChI is InChI=1S/C15H17F3N2S/c1-4-19-13(7-14-20-8(2)9(3)21-14)15-11(17)5-10(16)6-12(15)18/h5-6,13,19H,4,7H2,1-3H3. The Hall–Kier alpha value is -1.40. The molecule has 1 aromatic heterocycles. The Labute approximate surface area is 126 Å². The fraction of sp³-hybridized carbons (Fsp3) is 0.400. The molecule has 0 spiro atoms. The fourth-order valence-electron chi connectivity index (χ4n) is 2.21. The first-order valence-corrected chi connectivity index (χ1v) is 7.54. The highest BCUT2D eigenvalue weighted by Gasteiger charge is 2.22. The van der Waals surface area contributed by atoms with Gasteiger partial charge in [0.2, 0.25) is 0 Å². The molecular weight excluding hydrogens is 297 g/mol. The second kappa shape index (κ2) is 6.58. The van der Waals surface area contributed by atoms with Crippen LogP contribution in [0.3, 0.4) is 0 Å². The molecule has 0 aliphatic rings. The van der Waals surface area contributed by atoms with E-state index in [0.29, 0.717) is 25.1 Å². The maximum atomic E-state index is 13.9. The number of rotatable bonds is 5. The lowest BCUT2D eigenvalue weighted by Crippen LogP contribution is -2.25. The summed E-state index contributed by atoms with van der Waals surface area (Å²) in [5, 5.41) is 3.85. The van der Waals surface area contributed by atoms with Crippen molar-refractivity contribution in [1.82, 2.24) is 10.3 Å². The van der Waals surface area contributed by atoms with E-state index in [0.717, 1.165) is 15.6 Å². The zero-order valence-corrected chi connectivity index (χ0v) is 13.0. The molecule has 0 saturated heterocycles. The van der Waals surface area contributed by atoms with Gasteiger partial charge in [-0.3, -0.25) is 0 Å². The van der Waals surface area contributed by atoms with Crippen LogP contribution in [0.4, 0.5) is 13.2 Å². The van der Waals surface area contributed by atoms with Crippen LogP contribution < -0.4 is 5.32 Å². The second-order valence-electron chi connectivity index (χ2n) is 4.85. The van der Waals surface area contributed by atoms with Gasteiger partial charge >= 0.3 is 0 Å². The largest absolute Gasteiger partial charge is 0.310 e. The molecule has 1 N–H and O–H groups in total. The zero-order valence-electron chi connectivity index (χ0n) is 12.1. The molecule has 2 nitrogen and oxygen atoms in total. The Balaban J connectivity index is 2.35. The van der Waals surface area contributed by atoms with Crippen LogP contribution in [-0.4, -0.2) is 11.5 Å². The molecular formula is C15H17F3N2S. The van der Waals surface area contributed by atoms with Crippen molar-refractivity contribution in [3.05, 3.63) is 50.7 Å². The Bertz CT molecular complexity index is 597. The van der Waals surface area contributed by atoms with E-state index >= 15 is 0 Å². The molecule has 0 radical (unpaired) electrons. The monoisotopic (exact) mass is 314 g/mol. The van der Waals surface area contributed by atoms with E-state index in [1.807, 2.05) is 20.8 Å². The van der Waals surface area contributed by atoms with Gasteiger partial charge in [0, 0.05) is 35.0 Å². The fourth-order valence-corrected chi connectivity index (χ4v) is 3.19. The summed E-state index contributed by atoms with van der Waals surface area (Å²) in [7, 11) is 0. The average Bonchev–Trinajstić information content (AvgIpc) is 2.67. The molecule has 2 aromatic rings. The lowest BCUT2D eigenvalue weighted by Gasteiger charge is -2.18. The molecule has 0 bridgehead atoms. The number of thiazole rings is 1. The number of nitrogens with zero attached hydrogens (tertiary/aromatic N) is 1. The molecule has 2 rings (SSSR count). The number of benzene rings is 1. The van der Waals surface area contributed by atoms with Crippen molar-refractivity contribution in [2.24, 2.45) is 0 Å². The average molecular weight is 314 g/mol. The van der Waals surface area contributed by atoms with Gasteiger partial charge in [-0.05, 0) is 20.4 Å². The minimum Gasteiger partial charge on any atom is -0.310 e. The van der Waals surface area contributed by atoms with Gasteiger partial charge in [0.25, 0.3) is 0 Å². The van der Waals surface area contributed by atoms with Gasteiger partial charge in [-0.15, -0.1) is 11.3 Å². The van der Waals surface area contributed by atoms with Crippen molar-refractivity contribution in [3.63, 3.8) is 0 Å². The molecule has 114 valence electrons. The SMILES string of the molecule is CCNC(Cc1nc(C)c(C)s1)c1c(F)cc(F)cc1F. The van der Waals surface area contributed by atoms with Crippen molar-refractivity contribution in [2.45, 2.75) is 33.2 Å². The Morgan fingerprint density at radius 3 is 2.29 bits per heavy atom. The predicted octanol–water partition coefficient (Wildman–Crippen LogP) is 4.07. The predicted molar refractivity (Wildman–Crippen MR) is 78.0 cm³/mol. The van der Waals surface area contributed by atoms with Crippen LogP contribution in [0.25, 0.3) is 0 Å². The van der Waals surface area contributed by atoms with E-state index in [1.54, 1.807) is 0 Å². The van der Waals surface area contributed by atoms with Crippen LogP contribution >= 0.6 is 11.3 Å². The van der Waals surface area contributed by atoms with Crippen molar-refractivity contribution in [3.8, 4) is 0 Å². The summed E-state index contributed by atoms with van der Waals surface area (Å²) in [5.41, 5.74) is 0.786. The number of nitrogens with one attached hydrogen (secondary N) is 1. The molecule has 1 heterocycles. The van der Waals surface area contributed by atoms with Crippen LogP contribution in [-0.2, 0) is 6.42 Å². The molecule has 6 heteroatoms. The summed E-state index contributed by atoms with van der Waals surface area (Å²) in [6.07, 6.45) is 0.368. The smallest absolute Gasteiger partial charge is 0.133 e. The summed E-state index contributed by atoms with van der Waals surface area (Å²) >= 11 is 1.51. The van der Waals surface area contributed by atoms with Crippen molar-refractivity contribution < 1.29 is 13.2 Å². The quantitative estimate of drug-likeness (QED) is 0.900. The first-order chi connectivity index (χ1) is 9.92. The third-order valence-electron chi connectivity index (χ3n) is 3.29. The lowest BCUT2D eigenvalue weighted by atomic mass is 10.0. The number of halogens is 3. The summed E-state index contributed by atoms with van der Waals surface area (Å²) < 4.78 is 40.9. The molecule has 0 aliphatic heterocycles. The molecule has 0 amide bonds. The summed E-state index contributed by atoms with van der Waals surface area (Å²) in [5.74, 6) is -2.66. The minimum absolute atomic E-state index is 0.135. The second-order valence-corrected chi connectivity index (χ2v) is 6.13. The summed E-state index contributed by atoms with van der Waals surface area (Å²) in [6.45, 7) is 6.25. The number of likely N-dealkylation sites (N-methyl/N-ethyl adjacent to an activating group) is 1. The molecule has 0 saturated carbocycles. The van der Waals surface area contributed by atoms with Gasteiger partial charge in [0.05, 0.1) is 10.7 Å². The number of hydrogen-bond acceptors (Lipinski definition) is 3. The first-order valence-electron chi connectivity index (χ1n) is 6.73. The lowest BCUT2D eigenvalue weighted by molar-refractivity contribution is 0.461. The highest BCUT2D eigenvalue weighted by atomic mass is 32.1. The van der Waals surface area contributed by atoms with Crippen molar-refractivity contribution in [1.29, 1.82) is 0 Å². The van der Waals surface area contributed by atoms with Crippen LogP contribution in [0.5, 0.6) is 0 Å². The van der Waals surface area contributed by atoms with E-state index in [2.05, 4.69) is 10.3 Å². The highest BCUT2D eigenvalue weighted by molar-refractivity contribution is 7.11. The Kier molecular flexibility index (Phi) is 5.00. The van der Waals surface area contributed by atoms with Gasteiger partial charge in [0.15, 0.2) is 0 Å². The summed E-state index contributed by atoms with van der Waals surface area (Å²) in [4.78, 5) is 5.48. The Morgan fingerprint density at radius 1 is 1.19 bits per heavy atom. The molecule has 1 aromatic carbocycles. The van der Waals surface area contributed by atoms with E-state index in [1.165, 1.54) is 11.3 Å². The van der Waals surface area contributed by atoms with Crippen LogP contribution in [0, 0.1) is 31.3 Å². The van der Waals surface area contributed by atoms with E-state index < -0.39 is 23.5 Å². The van der Waals surface area contributed by atoms with Gasteiger partial charge in [-0.25, -0.2) is 18.2 Å². The number of hydrogen-bond donors (Lipinski definition) is 1. The number of aromatic nitrogens is 1. The topological polar surface area (TPSA) is 24.9 Å². The van der Waals surface area contributed by atoms with Crippen molar-refractivity contribution in [2.75, 3.05) is 6.54 Å². The maximum Gasteiger partial charge on any atom is 0.133 e. The van der Waals surface area contributed by atoms with Crippen molar-refractivity contribution >= 4 is 11.3 Å². The normalized spacial score (nSPS) is 12.7. The first kappa shape index (κ1) is 16.0. The Morgan fingerprint density at radius 2 is 1.81 bits per heavy atom. The summed E-state index contributed by atoms with van der Waals surface area (Å²) in [6, 6.07) is 0.850. The maximum absolute atomic E-state index is 13.9. The highest BCUT2D eigenvalue weighted by Crippen LogP contribution is 2.27. The van der Waals surface area contributed by atoms with Crippen LogP contribution in [0.1, 0.15) is 34.1 Å². The van der Waals surface area contributed by atoms with E-state index in [9.17, 15) is 13.2 Å². The van der Waals surface area contributed by atoms with Gasteiger partial charge in [0.1, 0.15) is 17.5 Å². The molecule has 0 fully saturated rings. The molecule has 0 aliphatic carbocycles. The molecule has 21 heavy (non-hydrogen) atoms. The minimum atomic E-state index is -0.912. The molecule has 1 atom stereocenters.